The van der Waals surface area contributed by atoms with E-state index in [1.54, 1.807) is 6.08 Å². The fourth-order valence-corrected chi connectivity index (χ4v) is 0.993. The van der Waals surface area contributed by atoms with Crippen molar-refractivity contribution in [2.45, 2.75) is 19.3 Å². The molecule has 0 aromatic rings. The summed E-state index contributed by atoms with van der Waals surface area (Å²) < 4.78 is 0. The predicted octanol–water partition coefficient (Wildman–Crippen LogP) is 1.75. The van der Waals surface area contributed by atoms with Gasteiger partial charge in [-0.2, -0.15) is 5.26 Å². The number of aliphatic hydroxyl groups is 1. The van der Waals surface area contributed by atoms with E-state index in [4.69, 9.17) is 10.4 Å². The summed E-state index contributed by atoms with van der Waals surface area (Å²) in [6, 6.07) is 2.04. The van der Waals surface area contributed by atoms with Crippen LogP contribution in [0.25, 0.3) is 0 Å². The summed E-state index contributed by atoms with van der Waals surface area (Å²) >= 11 is 0. The van der Waals surface area contributed by atoms with Crippen LogP contribution in [0.1, 0.15) is 19.3 Å². The quantitative estimate of drug-likeness (QED) is 0.533. The van der Waals surface area contributed by atoms with Gasteiger partial charge in [0, 0.05) is 0 Å². The molecule has 0 radical (unpaired) electrons. The molecule has 0 bridgehead atoms. The van der Waals surface area contributed by atoms with Gasteiger partial charge in [0.1, 0.15) is 11.7 Å². The van der Waals surface area contributed by atoms with Crippen molar-refractivity contribution in [2.75, 3.05) is 0 Å². The number of aliphatic hydroxyl groups excluding tert-OH is 1. The van der Waals surface area contributed by atoms with Crippen LogP contribution in [0.15, 0.2) is 11.8 Å². The van der Waals surface area contributed by atoms with E-state index in [9.17, 15) is 0 Å². The van der Waals surface area contributed by atoms with Gasteiger partial charge in [-0.1, -0.05) is 0 Å². The Morgan fingerprint density at radius 2 is 2.56 bits per heavy atom. The van der Waals surface area contributed by atoms with Crippen molar-refractivity contribution in [3.05, 3.63) is 11.8 Å². The molecule has 0 spiro atoms. The van der Waals surface area contributed by atoms with E-state index in [0.717, 1.165) is 19.3 Å². The second-order valence-electron chi connectivity index (χ2n) is 2.24. The molecule has 48 valence electrons. The Morgan fingerprint density at radius 1 is 1.78 bits per heavy atom. The van der Waals surface area contributed by atoms with Crippen LogP contribution in [0.5, 0.6) is 0 Å². The highest BCUT2D eigenvalue weighted by molar-refractivity contribution is 5.09. The smallest absolute Gasteiger partial charge is 0.105 e. The maximum atomic E-state index is 9.01. The molecule has 1 unspecified atom stereocenters. The first-order chi connectivity index (χ1) is 4.34. The lowest BCUT2D eigenvalue weighted by molar-refractivity contribution is 0.333. The highest BCUT2D eigenvalue weighted by Gasteiger charge is 2.14. The summed E-state index contributed by atoms with van der Waals surface area (Å²) in [5.74, 6) is 0.0440. The molecule has 2 heteroatoms. The van der Waals surface area contributed by atoms with Gasteiger partial charge in [-0.15, -0.1) is 0 Å². The fourth-order valence-electron chi connectivity index (χ4n) is 0.993. The molecule has 9 heavy (non-hydrogen) atoms. The van der Waals surface area contributed by atoms with Gasteiger partial charge in [-0.05, 0) is 25.3 Å². The van der Waals surface area contributed by atoms with E-state index in [1.165, 1.54) is 0 Å². The van der Waals surface area contributed by atoms with Crippen molar-refractivity contribution >= 4 is 0 Å². The average Bonchev–Trinajstić information content (AvgIpc) is 1.89. The second kappa shape index (κ2) is 2.54. The minimum absolute atomic E-state index is 0.223. The van der Waals surface area contributed by atoms with Crippen LogP contribution in [-0.2, 0) is 0 Å². The van der Waals surface area contributed by atoms with E-state index in [-0.39, 0.29) is 11.7 Å². The van der Waals surface area contributed by atoms with E-state index in [2.05, 4.69) is 0 Å². The Hall–Kier alpha value is -0.970. The Morgan fingerprint density at radius 3 is 3.00 bits per heavy atom. The van der Waals surface area contributed by atoms with Crippen LogP contribution in [0, 0.1) is 17.2 Å². The number of hydrogen-bond acceptors (Lipinski definition) is 2. The summed E-state index contributed by atoms with van der Waals surface area (Å²) in [7, 11) is 0. The van der Waals surface area contributed by atoms with Crippen molar-refractivity contribution in [1.82, 2.24) is 0 Å². The first kappa shape index (κ1) is 6.15. The first-order valence-corrected chi connectivity index (χ1v) is 3.13. The Balaban J connectivity index is 2.64. The molecule has 1 rings (SSSR count). The lowest BCUT2D eigenvalue weighted by Crippen LogP contribution is -2.04. The maximum absolute atomic E-state index is 9.01. The molecule has 1 aliphatic rings. The SMILES string of the molecule is N#CC1CCCC=C1O. The van der Waals surface area contributed by atoms with Gasteiger partial charge in [-0.3, -0.25) is 0 Å². The zero-order valence-electron chi connectivity index (χ0n) is 5.17. The van der Waals surface area contributed by atoms with Gasteiger partial charge in [0.2, 0.25) is 0 Å². The van der Waals surface area contributed by atoms with Crippen molar-refractivity contribution in [3.63, 3.8) is 0 Å². The summed E-state index contributed by atoms with van der Waals surface area (Å²) in [6.45, 7) is 0. The van der Waals surface area contributed by atoms with Gasteiger partial charge < -0.3 is 5.11 Å². The minimum atomic E-state index is -0.223. The summed E-state index contributed by atoms with van der Waals surface area (Å²) in [5, 5.41) is 17.4. The number of nitrogens with zero attached hydrogens (tertiary/aromatic N) is 1. The predicted molar refractivity (Wildman–Crippen MR) is 33.7 cm³/mol. The van der Waals surface area contributed by atoms with E-state index in [0.29, 0.717) is 0 Å². The summed E-state index contributed by atoms with van der Waals surface area (Å²) in [6.07, 6.45) is 4.50. The van der Waals surface area contributed by atoms with Gasteiger partial charge in [0.15, 0.2) is 0 Å². The molecule has 0 aromatic carbocycles. The van der Waals surface area contributed by atoms with Gasteiger partial charge >= 0.3 is 0 Å². The molecule has 0 aromatic heterocycles. The molecule has 0 fully saturated rings. The topological polar surface area (TPSA) is 44.0 Å². The second-order valence-corrected chi connectivity index (χ2v) is 2.24. The van der Waals surface area contributed by atoms with Crippen LogP contribution in [0.2, 0.25) is 0 Å². The highest BCUT2D eigenvalue weighted by Crippen LogP contribution is 2.21. The van der Waals surface area contributed by atoms with Crippen LogP contribution in [-0.4, -0.2) is 5.11 Å². The van der Waals surface area contributed by atoms with Crippen LogP contribution < -0.4 is 0 Å². The van der Waals surface area contributed by atoms with Crippen molar-refractivity contribution in [1.29, 1.82) is 5.26 Å². The summed E-state index contributed by atoms with van der Waals surface area (Å²) in [5.41, 5.74) is 0. The minimum Gasteiger partial charge on any atom is -0.511 e. The van der Waals surface area contributed by atoms with Crippen LogP contribution in [0.4, 0.5) is 0 Å². The van der Waals surface area contributed by atoms with Crippen LogP contribution in [0.3, 0.4) is 0 Å². The van der Waals surface area contributed by atoms with Crippen molar-refractivity contribution < 1.29 is 5.11 Å². The monoisotopic (exact) mass is 123 g/mol. The number of nitriles is 1. The summed E-state index contributed by atoms with van der Waals surface area (Å²) in [4.78, 5) is 0. The lowest BCUT2D eigenvalue weighted by atomic mass is 9.95. The van der Waals surface area contributed by atoms with Gasteiger partial charge in [0.25, 0.3) is 0 Å². The Kier molecular flexibility index (Phi) is 1.74. The zero-order chi connectivity index (χ0) is 6.69. The first-order valence-electron chi connectivity index (χ1n) is 3.13. The molecular formula is C7H9NO. The standard InChI is InChI=1S/C7H9NO/c8-5-6-3-1-2-4-7(6)9/h4,6,9H,1-3H2. The molecule has 1 aliphatic carbocycles. The zero-order valence-corrected chi connectivity index (χ0v) is 5.17. The third kappa shape index (κ3) is 1.23. The Labute approximate surface area is 54.4 Å². The number of rotatable bonds is 0. The maximum Gasteiger partial charge on any atom is 0.105 e. The molecule has 0 aliphatic heterocycles. The third-order valence-electron chi connectivity index (χ3n) is 1.56. The van der Waals surface area contributed by atoms with Crippen molar-refractivity contribution in [3.8, 4) is 6.07 Å². The largest absolute Gasteiger partial charge is 0.511 e. The fraction of sp³-hybridized carbons (Fsp3) is 0.571. The van der Waals surface area contributed by atoms with Gasteiger partial charge in [-0.25, -0.2) is 0 Å². The molecular weight excluding hydrogens is 114 g/mol. The molecule has 0 heterocycles. The van der Waals surface area contributed by atoms with E-state index < -0.39 is 0 Å². The van der Waals surface area contributed by atoms with Crippen molar-refractivity contribution in [2.24, 2.45) is 5.92 Å². The van der Waals surface area contributed by atoms with Crippen LogP contribution >= 0.6 is 0 Å². The van der Waals surface area contributed by atoms with E-state index in [1.807, 2.05) is 6.07 Å². The number of allylic oxidation sites excluding steroid dienone is 2. The lowest BCUT2D eigenvalue weighted by Gasteiger charge is -2.11. The molecule has 2 nitrogen and oxygen atoms in total. The number of hydrogen-bond donors (Lipinski definition) is 1. The Bertz CT molecular complexity index is 166. The third-order valence-corrected chi connectivity index (χ3v) is 1.56. The highest BCUT2D eigenvalue weighted by atomic mass is 16.3. The average molecular weight is 123 g/mol. The molecule has 0 amide bonds. The molecule has 1 atom stereocenters. The molecule has 0 saturated heterocycles. The molecule has 0 saturated carbocycles. The van der Waals surface area contributed by atoms with E-state index >= 15 is 0 Å². The normalized spacial score (nSPS) is 26.6. The molecule has 1 N–H and O–H groups in total. The van der Waals surface area contributed by atoms with Gasteiger partial charge in [0.05, 0.1) is 6.07 Å².